The molecule has 0 radical (unpaired) electrons. The van der Waals surface area contributed by atoms with E-state index in [1.54, 1.807) is 35.2 Å². The minimum Gasteiger partial charge on any atom is -0.490 e. The Kier molecular flexibility index (Phi) is 5.50. The summed E-state index contributed by atoms with van der Waals surface area (Å²) in [5, 5.41) is 0.542. The van der Waals surface area contributed by atoms with Crippen LogP contribution < -0.4 is 14.4 Å². The Morgan fingerprint density at radius 1 is 1.23 bits per heavy atom. The van der Waals surface area contributed by atoms with Crippen LogP contribution in [0.2, 0.25) is 5.02 Å². The van der Waals surface area contributed by atoms with Gasteiger partial charge in [0.05, 0.1) is 24.5 Å². The number of halogens is 1. The molecule has 8 heteroatoms. The van der Waals surface area contributed by atoms with Crippen LogP contribution in [0.25, 0.3) is 0 Å². The van der Waals surface area contributed by atoms with Gasteiger partial charge < -0.3 is 9.64 Å². The lowest BCUT2D eigenvalue weighted by atomic mass is 10.0. The topological polar surface area (TPSA) is 75.7 Å². The van der Waals surface area contributed by atoms with E-state index < -0.39 is 16.1 Å². The average Bonchev–Trinajstić information content (AvgIpc) is 2.60. The van der Waals surface area contributed by atoms with Crippen LogP contribution >= 0.6 is 11.6 Å². The number of para-hydroxylation sites is 2. The molecule has 3 rings (SSSR count). The van der Waals surface area contributed by atoms with Crippen molar-refractivity contribution in [2.24, 2.45) is 0 Å². The highest BCUT2D eigenvalue weighted by molar-refractivity contribution is 7.88. The highest BCUT2D eigenvalue weighted by Gasteiger charge is 2.27. The summed E-state index contributed by atoms with van der Waals surface area (Å²) in [6, 6.07) is 13.4. The van der Waals surface area contributed by atoms with Gasteiger partial charge in [-0.15, -0.1) is 0 Å². The van der Waals surface area contributed by atoms with Crippen LogP contribution in [0.1, 0.15) is 18.0 Å². The zero-order valence-corrected chi connectivity index (χ0v) is 15.8. The molecule has 1 aliphatic rings. The number of benzene rings is 2. The van der Waals surface area contributed by atoms with E-state index in [9.17, 15) is 13.2 Å². The van der Waals surface area contributed by atoms with Crippen LogP contribution in [-0.4, -0.2) is 33.7 Å². The first-order valence-electron chi connectivity index (χ1n) is 8.08. The molecule has 6 nitrogen and oxygen atoms in total. The molecule has 0 saturated heterocycles. The smallest absolute Gasteiger partial charge is 0.229 e. The maximum Gasteiger partial charge on any atom is 0.229 e. The third-order valence-electron chi connectivity index (χ3n) is 4.04. The summed E-state index contributed by atoms with van der Waals surface area (Å²) in [6.07, 6.45) is 1.06. The third kappa shape index (κ3) is 4.55. The number of carbonyl (C=O) groups is 1. The average molecular weight is 395 g/mol. The molecule has 1 atom stereocenters. The van der Waals surface area contributed by atoms with E-state index >= 15 is 0 Å². The monoisotopic (exact) mass is 394 g/mol. The summed E-state index contributed by atoms with van der Waals surface area (Å²) in [5.74, 6) is 0.461. The number of hydrogen-bond donors (Lipinski definition) is 1. The SMILES string of the molecule is CS(=O)(=O)N[C@H](CC(=O)N1CCOc2ccccc21)c1ccc(Cl)cc1. The molecule has 2 aromatic carbocycles. The minimum absolute atomic E-state index is 0.0109. The molecule has 2 aromatic rings. The Balaban J connectivity index is 1.85. The van der Waals surface area contributed by atoms with Crippen molar-refractivity contribution in [1.29, 1.82) is 0 Å². The Hall–Kier alpha value is -2.09. The molecule has 1 aliphatic heterocycles. The van der Waals surface area contributed by atoms with Crippen LogP contribution in [-0.2, 0) is 14.8 Å². The molecule has 0 bridgehead atoms. The van der Waals surface area contributed by atoms with E-state index in [-0.39, 0.29) is 12.3 Å². The fraction of sp³-hybridized carbons (Fsp3) is 0.278. The number of ether oxygens (including phenoxy) is 1. The summed E-state index contributed by atoms with van der Waals surface area (Å²) >= 11 is 5.91. The first kappa shape index (κ1) is 18.7. The number of nitrogens with zero attached hydrogens (tertiary/aromatic N) is 1. The van der Waals surface area contributed by atoms with Crippen LogP contribution in [0.4, 0.5) is 5.69 Å². The van der Waals surface area contributed by atoms with Crippen molar-refractivity contribution >= 4 is 33.2 Å². The van der Waals surface area contributed by atoms with Crippen LogP contribution in [0.3, 0.4) is 0 Å². The molecule has 26 heavy (non-hydrogen) atoms. The lowest BCUT2D eigenvalue weighted by molar-refractivity contribution is -0.119. The van der Waals surface area contributed by atoms with Gasteiger partial charge in [-0.1, -0.05) is 35.9 Å². The van der Waals surface area contributed by atoms with Crippen molar-refractivity contribution in [1.82, 2.24) is 4.72 Å². The van der Waals surface area contributed by atoms with E-state index in [1.807, 2.05) is 18.2 Å². The number of fused-ring (bicyclic) bond motifs is 1. The second-order valence-electron chi connectivity index (χ2n) is 6.06. The van der Waals surface area contributed by atoms with Crippen molar-refractivity contribution in [2.75, 3.05) is 24.3 Å². The van der Waals surface area contributed by atoms with Gasteiger partial charge in [0.2, 0.25) is 15.9 Å². The van der Waals surface area contributed by atoms with Crippen LogP contribution in [0, 0.1) is 0 Å². The Morgan fingerprint density at radius 2 is 1.92 bits per heavy atom. The zero-order valence-electron chi connectivity index (χ0n) is 14.2. The Morgan fingerprint density at radius 3 is 2.62 bits per heavy atom. The lowest BCUT2D eigenvalue weighted by Crippen LogP contribution is -2.40. The number of nitrogens with one attached hydrogen (secondary N) is 1. The molecular formula is C18H19ClN2O4S. The number of sulfonamides is 1. The predicted molar refractivity (Wildman–Crippen MR) is 101 cm³/mol. The summed E-state index contributed by atoms with van der Waals surface area (Å²) in [7, 11) is -3.50. The van der Waals surface area contributed by atoms with Crippen LogP contribution in [0.5, 0.6) is 5.75 Å². The fourth-order valence-electron chi connectivity index (χ4n) is 2.89. The van der Waals surface area contributed by atoms with Gasteiger partial charge in [0.1, 0.15) is 12.4 Å². The van der Waals surface area contributed by atoms with Crippen molar-refractivity contribution in [2.45, 2.75) is 12.5 Å². The number of rotatable bonds is 5. The van der Waals surface area contributed by atoms with Crippen molar-refractivity contribution in [3.8, 4) is 5.75 Å². The zero-order chi connectivity index (χ0) is 18.7. The lowest BCUT2D eigenvalue weighted by Gasteiger charge is -2.30. The fourth-order valence-corrected chi connectivity index (χ4v) is 3.76. The number of carbonyl (C=O) groups excluding carboxylic acids is 1. The standard InChI is InChI=1S/C18H19ClN2O4S/c1-26(23,24)20-15(13-6-8-14(19)9-7-13)12-18(22)21-10-11-25-17-5-3-2-4-16(17)21/h2-9,15,20H,10-12H2,1H3/t15-/m1/s1. The minimum atomic E-state index is -3.50. The number of anilines is 1. The molecule has 1 N–H and O–H groups in total. The summed E-state index contributed by atoms with van der Waals surface area (Å²) in [5.41, 5.74) is 1.37. The van der Waals surface area contributed by atoms with Gasteiger partial charge >= 0.3 is 0 Å². The maximum atomic E-state index is 12.9. The molecule has 0 spiro atoms. The largest absolute Gasteiger partial charge is 0.490 e. The molecule has 0 saturated carbocycles. The Bertz CT molecular complexity index is 900. The Labute approximate surface area is 157 Å². The molecular weight excluding hydrogens is 376 g/mol. The molecule has 0 aromatic heterocycles. The molecule has 1 heterocycles. The quantitative estimate of drug-likeness (QED) is 0.846. The van der Waals surface area contributed by atoms with Gasteiger partial charge in [-0.3, -0.25) is 4.79 Å². The van der Waals surface area contributed by atoms with Crippen molar-refractivity contribution in [3.05, 3.63) is 59.1 Å². The van der Waals surface area contributed by atoms with E-state index in [0.29, 0.717) is 35.2 Å². The normalized spacial score (nSPS) is 15.1. The number of hydrogen-bond acceptors (Lipinski definition) is 4. The highest BCUT2D eigenvalue weighted by atomic mass is 35.5. The van der Waals surface area contributed by atoms with Gasteiger partial charge in [-0.25, -0.2) is 13.1 Å². The van der Waals surface area contributed by atoms with E-state index in [0.717, 1.165) is 6.26 Å². The van der Waals surface area contributed by atoms with Gasteiger partial charge in [-0.2, -0.15) is 0 Å². The van der Waals surface area contributed by atoms with Crippen molar-refractivity contribution in [3.63, 3.8) is 0 Å². The third-order valence-corrected chi connectivity index (χ3v) is 5.00. The molecule has 0 aliphatic carbocycles. The van der Waals surface area contributed by atoms with E-state index in [1.165, 1.54) is 0 Å². The van der Waals surface area contributed by atoms with Gasteiger partial charge in [0.15, 0.2) is 0 Å². The van der Waals surface area contributed by atoms with E-state index in [4.69, 9.17) is 16.3 Å². The van der Waals surface area contributed by atoms with Gasteiger partial charge in [0.25, 0.3) is 0 Å². The highest BCUT2D eigenvalue weighted by Crippen LogP contribution is 2.32. The van der Waals surface area contributed by atoms with Crippen molar-refractivity contribution < 1.29 is 17.9 Å². The first-order chi connectivity index (χ1) is 12.3. The molecule has 1 amide bonds. The second-order valence-corrected chi connectivity index (χ2v) is 8.28. The van der Waals surface area contributed by atoms with E-state index in [2.05, 4.69) is 4.72 Å². The summed E-state index contributed by atoms with van der Waals surface area (Å²) < 4.78 is 31.6. The summed E-state index contributed by atoms with van der Waals surface area (Å²) in [6.45, 7) is 0.815. The maximum absolute atomic E-state index is 12.9. The second kappa shape index (κ2) is 7.65. The predicted octanol–water partition coefficient (Wildman–Crippen LogP) is 2.75. The van der Waals surface area contributed by atoms with Gasteiger partial charge in [-0.05, 0) is 29.8 Å². The molecule has 0 fully saturated rings. The first-order valence-corrected chi connectivity index (χ1v) is 10.4. The summed E-state index contributed by atoms with van der Waals surface area (Å²) in [4.78, 5) is 14.5. The van der Waals surface area contributed by atoms with Gasteiger partial charge in [0, 0.05) is 11.4 Å². The van der Waals surface area contributed by atoms with Crippen LogP contribution in [0.15, 0.2) is 48.5 Å². The molecule has 0 unspecified atom stereocenters. The number of amides is 1. The molecule has 138 valence electrons.